The molecule has 1 saturated heterocycles. The third kappa shape index (κ3) is 9.13. The number of nitrogens with zero attached hydrogens (tertiary/aromatic N) is 1. The Balaban J connectivity index is 0.00000484. The molecule has 1 aliphatic rings. The van der Waals surface area contributed by atoms with Crippen LogP contribution in [0, 0.1) is 11.3 Å². The van der Waals surface area contributed by atoms with Gasteiger partial charge in [0.2, 0.25) is 0 Å². The SMILES string of the molecule is CCCCCNC(=NCC1CCCOC1C(C)(C)C)NCC.I. The summed E-state index contributed by atoms with van der Waals surface area (Å²) >= 11 is 0. The number of unbranched alkanes of at least 4 members (excludes halogenated alkanes) is 2. The Morgan fingerprint density at radius 1 is 1.17 bits per heavy atom. The molecule has 1 aliphatic heterocycles. The first-order valence-electron chi connectivity index (χ1n) is 9.12. The summed E-state index contributed by atoms with van der Waals surface area (Å²) in [5, 5.41) is 6.80. The molecular formula is C18H38IN3O. The molecule has 1 rings (SSSR count). The lowest BCUT2D eigenvalue weighted by Crippen LogP contribution is -2.42. The monoisotopic (exact) mass is 439 g/mol. The summed E-state index contributed by atoms with van der Waals surface area (Å²) in [5.41, 5.74) is 0.188. The lowest BCUT2D eigenvalue weighted by Gasteiger charge is -2.39. The van der Waals surface area contributed by atoms with E-state index in [0.29, 0.717) is 12.0 Å². The van der Waals surface area contributed by atoms with E-state index >= 15 is 0 Å². The van der Waals surface area contributed by atoms with Gasteiger partial charge in [-0.3, -0.25) is 4.99 Å². The van der Waals surface area contributed by atoms with Crippen molar-refractivity contribution in [1.29, 1.82) is 0 Å². The van der Waals surface area contributed by atoms with E-state index < -0.39 is 0 Å². The summed E-state index contributed by atoms with van der Waals surface area (Å²) in [6.07, 6.45) is 6.43. The van der Waals surface area contributed by atoms with Crippen LogP contribution in [0.5, 0.6) is 0 Å². The summed E-state index contributed by atoms with van der Waals surface area (Å²) in [6, 6.07) is 0. The molecule has 0 amide bonds. The van der Waals surface area contributed by atoms with Crippen LogP contribution in [-0.4, -0.2) is 38.3 Å². The molecule has 5 heteroatoms. The Labute approximate surface area is 160 Å². The second-order valence-corrected chi connectivity index (χ2v) is 7.41. The molecule has 2 atom stereocenters. The normalized spacial score (nSPS) is 22.4. The van der Waals surface area contributed by atoms with Gasteiger partial charge in [0.15, 0.2) is 5.96 Å². The summed E-state index contributed by atoms with van der Waals surface area (Å²) < 4.78 is 6.05. The third-order valence-electron chi connectivity index (χ3n) is 4.20. The van der Waals surface area contributed by atoms with Crippen LogP contribution in [-0.2, 0) is 4.74 Å². The Kier molecular flexibility index (Phi) is 12.3. The van der Waals surface area contributed by atoms with Crippen molar-refractivity contribution >= 4 is 29.9 Å². The molecule has 0 bridgehead atoms. The first-order chi connectivity index (χ1) is 10.5. The Bertz CT molecular complexity index is 329. The van der Waals surface area contributed by atoms with Crippen LogP contribution in [0.25, 0.3) is 0 Å². The predicted molar refractivity (Wildman–Crippen MR) is 111 cm³/mol. The van der Waals surface area contributed by atoms with Gasteiger partial charge in [-0.1, -0.05) is 40.5 Å². The maximum Gasteiger partial charge on any atom is 0.191 e. The fourth-order valence-electron chi connectivity index (χ4n) is 3.12. The number of halogens is 1. The average Bonchev–Trinajstić information content (AvgIpc) is 2.48. The smallest absolute Gasteiger partial charge is 0.191 e. The number of ether oxygens (including phenoxy) is 1. The van der Waals surface area contributed by atoms with E-state index in [0.717, 1.165) is 38.6 Å². The van der Waals surface area contributed by atoms with Crippen molar-refractivity contribution in [2.45, 2.75) is 72.8 Å². The summed E-state index contributed by atoms with van der Waals surface area (Å²) in [6.45, 7) is 14.8. The van der Waals surface area contributed by atoms with E-state index in [2.05, 4.69) is 45.3 Å². The van der Waals surface area contributed by atoms with Crippen molar-refractivity contribution in [1.82, 2.24) is 10.6 Å². The molecule has 0 aromatic carbocycles. The van der Waals surface area contributed by atoms with Gasteiger partial charge in [0.05, 0.1) is 6.10 Å². The van der Waals surface area contributed by atoms with E-state index in [9.17, 15) is 0 Å². The molecule has 2 unspecified atom stereocenters. The summed E-state index contributed by atoms with van der Waals surface area (Å²) in [7, 11) is 0. The largest absolute Gasteiger partial charge is 0.377 e. The minimum atomic E-state index is 0. The van der Waals surface area contributed by atoms with E-state index in [1.165, 1.54) is 25.7 Å². The highest BCUT2D eigenvalue weighted by Crippen LogP contribution is 2.34. The van der Waals surface area contributed by atoms with Crippen LogP contribution >= 0.6 is 24.0 Å². The second-order valence-electron chi connectivity index (χ2n) is 7.41. The number of guanidine groups is 1. The Morgan fingerprint density at radius 3 is 2.52 bits per heavy atom. The van der Waals surface area contributed by atoms with Crippen molar-refractivity contribution in [3.63, 3.8) is 0 Å². The molecule has 0 spiro atoms. The molecule has 2 N–H and O–H groups in total. The van der Waals surface area contributed by atoms with Crippen molar-refractivity contribution in [2.75, 3.05) is 26.2 Å². The average molecular weight is 439 g/mol. The maximum absolute atomic E-state index is 6.05. The van der Waals surface area contributed by atoms with Gasteiger partial charge in [-0.2, -0.15) is 0 Å². The lowest BCUT2D eigenvalue weighted by atomic mass is 9.78. The first-order valence-corrected chi connectivity index (χ1v) is 9.12. The lowest BCUT2D eigenvalue weighted by molar-refractivity contribution is -0.0823. The van der Waals surface area contributed by atoms with Crippen molar-refractivity contribution < 1.29 is 4.74 Å². The number of aliphatic imine (C=N–C) groups is 1. The minimum absolute atomic E-state index is 0. The fourth-order valence-corrected chi connectivity index (χ4v) is 3.12. The molecule has 1 fully saturated rings. The highest BCUT2D eigenvalue weighted by atomic mass is 127. The van der Waals surface area contributed by atoms with Crippen molar-refractivity contribution in [2.24, 2.45) is 16.3 Å². The molecule has 4 nitrogen and oxygen atoms in total. The Hall–Kier alpha value is -0.0400. The van der Waals surface area contributed by atoms with Gasteiger partial charge >= 0.3 is 0 Å². The highest BCUT2D eigenvalue weighted by molar-refractivity contribution is 14.0. The number of nitrogens with one attached hydrogen (secondary N) is 2. The van der Waals surface area contributed by atoms with Gasteiger partial charge in [0, 0.05) is 32.2 Å². The Morgan fingerprint density at radius 2 is 1.91 bits per heavy atom. The van der Waals surface area contributed by atoms with E-state index in [1.54, 1.807) is 0 Å². The molecule has 0 aromatic rings. The quantitative estimate of drug-likeness (QED) is 0.271. The number of rotatable bonds is 7. The molecule has 0 radical (unpaired) electrons. The molecular weight excluding hydrogens is 401 g/mol. The summed E-state index contributed by atoms with van der Waals surface area (Å²) in [5.74, 6) is 1.48. The van der Waals surface area contributed by atoms with Gasteiger partial charge in [0.25, 0.3) is 0 Å². The van der Waals surface area contributed by atoms with Gasteiger partial charge in [-0.05, 0) is 31.6 Å². The molecule has 0 aliphatic carbocycles. The van der Waals surface area contributed by atoms with Crippen LogP contribution in [0.2, 0.25) is 0 Å². The topological polar surface area (TPSA) is 45.7 Å². The van der Waals surface area contributed by atoms with Crippen LogP contribution in [0.1, 0.15) is 66.7 Å². The zero-order valence-electron chi connectivity index (χ0n) is 15.8. The predicted octanol–water partition coefficient (Wildman–Crippen LogP) is 4.19. The van der Waals surface area contributed by atoms with Crippen molar-refractivity contribution in [3.05, 3.63) is 0 Å². The minimum Gasteiger partial charge on any atom is -0.377 e. The molecule has 1 heterocycles. The van der Waals surface area contributed by atoms with Crippen molar-refractivity contribution in [3.8, 4) is 0 Å². The number of hydrogen-bond donors (Lipinski definition) is 2. The van der Waals surface area contributed by atoms with Gasteiger partial charge in [-0.25, -0.2) is 0 Å². The van der Waals surface area contributed by atoms with Gasteiger partial charge < -0.3 is 15.4 Å². The van der Waals surface area contributed by atoms with Crippen LogP contribution in [0.4, 0.5) is 0 Å². The fraction of sp³-hybridized carbons (Fsp3) is 0.944. The molecule has 0 saturated carbocycles. The zero-order chi connectivity index (χ0) is 16.4. The summed E-state index contributed by atoms with van der Waals surface area (Å²) in [4.78, 5) is 4.81. The maximum atomic E-state index is 6.05. The van der Waals surface area contributed by atoms with Crippen LogP contribution in [0.3, 0.4) is 0 Å². The molecule has 23 heavy (non-hydrogen) atoms. The van der Waals surface area contributed by atoms with E-state index in [-0.39, 0.29) is 29.4 Å². The van der Waals surface area contributed by atoms with Crippen LogP contribution in [0.15, 0.2) is 4.99 Å². The molecule has 0 aromatic heterocycles. The van der Waals surface area contributed by atoms with Crippen LogP contribution < -0.4 is 10.6 Å². The number of hydrogen-bond acceptors (Lipinski definition) is 2. The van der Waals surface area contributed by atoms with E-state index in [4.69, 9.17) is 9.73 Å². The first kappa shape index (κ1) is 23.0. The third-order valence-corrected chi connectivity index (χ3v) is 4.20. The zero-order valence-corrected chi connectivity index (χ0v) is 18.1. The van der Waals surface area contributed by atoms with E-state index in [1.807, 2.05) is 0 Å². The second kappa shape index (κ2) is 12.3. The van der Waals surface area contributed by atoms with Gasteiger partial charge in [0.1, 0.15) is 0 Å². The standard InChI is InChI=1S/C18H37N3O.HI/c1-6-8-9-12-20-17(19-7-2)21-14-15-11-10-13-22-16(15)18(3,4)5;/h15-16H,6-14H2,1-5H3,(H2,19,20,21);1H. The molecule has 138 valence electrons. The highest BCUT2D eigenvalue weighted by Gasteiger charge is 2.35. The van der Waals surface area contributed by atoms with Gasteiger partial charge in [-0.15, -0.1) is 24.0 Å².